The van der Waals surface area contributed by atoms with Gasteiger partial charge in [-0.2, -0.15) is 0 Å². The molecule has 3 nitrogen and oxygen atoms in total. The summed E-state index contributed by atoms with van der Waals surface area (Å²) in [4.78, 5) is 10.9. The van der Waals surface area contributed by atoms with E-state index in [4.69, 9.17) is 9.97 Å². The quantitative estimate of drug-likeness (QED) is 0.185. The molecule has 0 amide bonds. The zero-order valence-electron chi connectivity index (χ0n) is 27.2. The standard InChI is InChI=1S/C46H27N3S2/c1-3-12-28(13-4-1)32-18-11-19-33(26-32)38-27-37(31-16-5-2-6-17-31)47-46(48-38)49-41-35-21-10-8-15-30(35)22-24-36(41)43-42(49)45-44(51-43)40-34-20-9-7-14-29(34)23-25-39(40)50-45/h1-27H. The third kappa shape index (κ3) is 4.42. The zero-order chi connectivity index (χ0) is 33.5. The number of rotatable bonds is 4. The van der Waals surface area contributed by atoms with E-state index < -0.39 is 0 Å². The fourth-order valence-corrected chi connectivity index (χ4v) is 10.5. The van der Waals surface area contributed by atoms with Gasteiger partial charge in [-0.25, -0.2) is 9.97 Å². The molecule has 4 aromatic heterocycles. The van der Waals surface area contributed by atoms with Crippen molar-refractivity contribution in [3.8, 4) is 39.6 Å². The van der Waals surface area contributed by atoms with E-state index in [1.807, 2.05) is 22.7 Å². The summed E-state index contributed by atoms with van der Waals surface area (Å²) in [5, 5.41) is 7.53. The van der Waals surface area contributed by atoms with Crippen molar-refractivity contribution in [3.05, 3.63) is 164 Å². The number of benzene rings is 7. The molecule has 238 valence electrons. The molecule has 11 aromatic rings. The third-order valence-corrected chi connectivity index (χ3v) is 12.5. The molecule has 11 rings (SSSR count). The lowest BCUT2D eigenvalue weighted by atomic mass is 10.0. The molecule has 7 aromatic carbocycles. The molecule has 0 radical (unpaired) electrons. The zero-order valence-corrected chi connectivity index (χ0v) is 28.9. The van der Waals surface area contributed by atoms with Crippen molar-refractivity contribution in [3.63, 3.8) is 0 Å². The molecule has 51 heavy (non-hydrogen) atoms. The van der Waals surface area contributed by atoms with Gasteiger partial charge in [-0.3, -0.25) is 4.57 Å². The Kier molecular flexibility index (Phi) is 6.29. The third-order valence-electron chi connectivity index (χ3n) is 10.0. The molecule has 0 saturated carbocycles. The van der Waals surface area contributed by atoms with Crippen LogP contribution in [0, 0.1) is 0 Å². The van der Waals surface area contributed by atoms with Gasteiger partial charge in [0.05, 0.1) is 36.5 Å². The van der Waals surface area contributed by atoms with E-state index in [1.165, 1.54) is 62.2 Å². The van der Waals surface area contributed by atoms with E-state index in [1.54, 1.807) is 0 Å². The first-order chi connectivity index (χ1) is 25.3. The number of nitrogens with zero attached hydrogens (tertiary/aromatic N) is 3. The monoisotopic (exact) mass is 685 g/mol. The van der Waals surface area contributed by atoms with Crippen LogP contribution in [0.4, 0.5) is 0 Å². The molecule has 0 unspecified atom stereocenters. The Labute approximate surface area is 301 Å². The van der Waals surface area contributed by atoms with Crippen LogP contribution in [-0.2, 0) is 0 Å². The Morgan fingerprint density at radius 3 is 1.82 bits per heavy atom. The van der Waals surface area contributed by atoms with Crippen LogP contribution in [0.25, 0.3) is 102 Å². The number of aromatic nitrogens is 3. The first-order valence-corrected chi connectivity index (χ1v) is 18.7. The number of hydrogen-bond acceptors (Lipinski definition) is 4. The van der Waals surface area contributed by atoms with E-state index in [-0.39, 0.29) is 0 Å². The average Bonchev–Trinajstić information content (AvgIpc) is 3.86. The minimum Gasteiger partial charge on any atom is -0.275 e. The lowest BCUT2D eigenvalue weighted by molar-refractivity contribution is 1.00. The maximum absolute atomic E-state index is 5.46. The van der Waals surface area contributed by atoms with E-state index in [2.05, 4.69) is 168 Å². The number of thiophene rings is 2. The second kappa shape index (κ2) is 11.2. The van der Waals surface area contributed by atoms with Crippen molar-refractivity contribution in [2.45, 2.75) is 0 Å². The summed E-state index contributed by atoms with van der Waals surface area (Å²) in [6.07, 6.45) is 0. The van der Waals surface area contributed by atoms with E-state index in [0.717, 1.165) is 33.6 Å². The van der Waals surface area contributed by atoms with Crippen molar-refractivity contribution in [1.29, 1.82) is 0 Å². The SMILES string of the molecule is c1ccc(-c2cccc(-c3cc(-c4ccccc4)nc(-n4c5c6ccccc6ccc5c5sc6c(sc7ccc8ccccc8c76)c54)n3)c2)cc1. The molecule has 0 aliphatic heterocycles. The number of hydrogen-bond donors (Lipinski definition) is 0. The highest BCUT2D eigenvalue weighted by Gasteiger charge is 2.25. The van der Waals surface area contributed by atoms with Crippen molar-refractivity contribution < 1.29 is 0 Å². The Balaban J connectivity index is 1.27. The highest BCUT2D eigenvalue weighted by molar-refractivity contribution is 7.37. The van der Waals surface area contributed by atoms with Crippen molar-refractivity contribution in [2.75, 3.05) is 0 Å². The summed E-state index contributed by atoms with van der Waals surface area (Å²) in [6, 6.07) is 58.4. The fourth-order valence-electron chi connectivity index (χ4n) is 7.65. The van der Waals surface area contributed by atoms with Gasteiger partial charge in [0.2, 0.25) is 5.95 Å². The largest absolute Gasteiger partial charge is 0.275 e. The highest BCUT2D eigenvalue weighted by atomic mass is 32.1. The molecule has 0 saturated heterocycles. The lowest BCUT2D eigenvalue weighted by Crippen LogP contribution is -2.04. The second-order valence-electron chi connectivity index (χ2n) is 13.0. The molecular formula is C46H27N3S2. The van der Waals surface area contributed by atoms with Gasteiger partial charge in [0.1, 0.15) is 0 Å². The Morgan fingerprint density at radius 1 is 0.392 bits per heavy atom. The van der Waals surface area contributed by atoms with Crippen LogP contribution in [0.3, 0.4) is 0 Å². The first-order valence-electron chi connectivity index (χ1n) is 17.1. The Hall–Kier alpha value is -6.14. The predicted octanol–water partition coefficient (Wildman–Crippen LogP) is 13.3. The van der Waals surface area contributed by atoms with Crippen molar-refractivity contribution in [2.24, 2.45) is 0 Å². The van der Waals surface area contributed by atoms with Gasteiger partial charge >= 0.3 is 0 Å². The van der Waals surface area contributed by atoms with Crippen molar-refractivity contribution >= 4 is 84.8 Å². The lowest BCUT2D eigenvalue weighted by Gasteiger charge is -2.13. The molecule has 0 aliphatic rings. The summed E-state index contributed by atoms with van der Waals surface area (Å²) >= 11 is 3.78. The fraction of sp³-hybridized carbons (Fsp3) is 0. The predicted molar refractivity (Wildman–Crippen MR) is 218 cm³/mol. The van der Waals surface area contributed by atoms with Crippen LogP contribution >= 0.6 is 22.7 Å². The van der Waals surface area contributed by atoms with Crippen LogP contribution in [0.5, 0.6) is 0 Å². The molecule has 0 fully saturated rings. The van der Waals surface area contributed by atoms with E-state index >= 15 is 0 Å². The maximum atomic E-state index is 5.46. The van der Waals surface area contributed by atoms with Crippen LogP contribution in [0.15, 0.2) is 164 Å². The Bertz CT molecular complexity index is 3130. The number of fused-ring (bicyclic) bond motifs is 11. The molecule has 0 N–H and O–H groups in total. The van der Waals surface area contributed by atoms with E-state index in [9.17, 15) is 0 Å². The smallest absolute Gasteiger partial charge is 0.235 e. The summed E-state index contributed by atoms with van der Waals surface area (Å²) < 4.78 is 7.54. The first kappa shape index (κ1) is 28.7. The molecular weight excluding hydrogens is 659 g/mol. The van der Waals surface area contributed by atoms with Gasteiger partial charge in [-0.15, -0.1) is 22.7 Å². The normalized spacial score (nSPS) is 11.9. The minimum atomic E-state index is 0.676. The molecule has 0 bridgehead atoms. The van der Waals surface area contributed by atoms with Crippen LogP contribution in [0.1, 0.15) is 0 Å². The van der Waals surface area contributed by atoms with Gasteiger partial charge in [0.15, 0.2) is 0 Å². The second-order valence-corrected chi connectivity index (χ2v) is 15.0. The molecule has 4 heterocycles. The maximum Gasteiger partial charge on any atom is 0.235 e. The van der Waals surface area contributed by atoms with Gasteiger partial charge in [-0.05, 0) is 45.5 Å². The van der Waals surface area contributed by atoms with Crippen LogP contribution in [-0.4, -0.2) is 14.5 Å². The molecule has 5 heteroatoms. The van der Waals surface area contributed by atoms with Gasteiger partial charge in [-0.1, -0.05) is 146 Å². The highest BCUT2D eigenvalue weighted by Crippen LogP contribution is 2.51. The average molecular weight is 686 g/mol. The van der Waals surface area contributed by atoms with Crippen molar-refractivity contribution in [1.82, 2.24) is 14.5 Å². The molecule has 0 spiro atoms. The summed E-state index contributed by atoms with van der Waals surface area (Å²) in [5.74, 6) is 0.676. The Morgan fingerprint density at radius 2 is 1.02 bits per heavy atom. The van der Waals surface area contributed by atoms with Gasteiger partial charge in [0, 0.05) is 32.0 Å². The molecule has 0 atom stereocenters. The summed E-state index contributed by atoms with van der Waals surface area (Å²) in [7, 11) is 0. The minimum absolute atomic E-state index is 0.676. The van der Waals surface area contributed by atoms with Gasteiger partial charge < -0.3 is 0 Å². The summed E-state index contributed by atoms with van der Waals surface area (Å²) in [6.45, 7) is 0. The van der Waals surface area contributed by atoms with E-state index in [0.29, 0.717) is 5.95 Å². The topological polar surface area (TPSA) is 30.7 Å². The van der Waals surface area contributed by atoms with Crippen LogP contribution in [0.2, 0.25) is 0 Å². The molecule has 0 aliphatic carbocycles. The summed E-state index contributed by atoms with van der Waals surface area (Å²) in [5.41, 5.74) is 8.56. The van der Waals surface area contributed by atoms with Crippen LogP contribution < -0.4 is 0 Å². The van der Waals surface area contributed by atoms with Gasteiger partial charge in [0.25, 0.3) is 0 Å².